The number of amidine groups is 1. The number of rotatable bonds is 8. The molecular weight excluding hydrogens is 526 g/mol. The Morgan fingerprint density at radius 1 is 1.10 bits per heavy atom. The van der Waals surface area contributed by atoms with Crippen LogP contribution in [0.4, 0.5) is 10.5 Å². The number of urea groups is 1. The highest BCUT2D eigenvalue weighted by Crippen LogP contribution is 2.38. The minimum Gasteiger partial charge on any atom is -0.491 e. The summed E-state index contributed by atoms with van der Waals surface area (Å²) in [4.78, 5) is 29.2. The molecule has 3 fully saturated rings. The first-order valence-electron chi connectivity index (χ1n) is 14.2. The number of hydrazine groups is 2. The minimum absolute atomic E-state index is 0.109. The molecule has 2 amide bonds. The van der Waals surface area contributed by atoms with Gasteiger partial charge in [-0.15, -0.1) is 0 Å². The van der Waals surface area contributed by atoms with Crippen LogP contribution in [-0.4, -0.2) is 115 Å². The number of hydrogen-bond acceptors (Lipinski definition) is 11. The van der Waals surface area contributed by atoms with Crippen molar-refractivity contribution in [3.8, 4) is 5.75 Å². The molecule has 5 aliphatic rings. The van der Waals surface area contributed by atoms with E-state index in [4.69, 9.17) is 24.7 Å². The Kier molecular flexibility index (Phi) is 6.77. The molecule has 2 atom stereocenters. The van der Waals surface area contributed by atoms with Crippen molar-refractivity contribution < 1.29 is 18.7 Å². The zero-order valence-corrected chi connectivity index (χ0v) is 23.1. The van der Waals surface area contributed by atoms with Crippen LogP contribution in [0.3, 0.4) is 0 Å². The van der Waals surface area contributed by atoms with Gasteiger partial charge in [-0.2, -0.15) is 0 Å². The number of nitrogens with zero attached hydrogens (tertiary/aromatic N) is 8. The number of piperazine rings is 1. The Balaban J connectivity index is 0.953. The van der Waals surface area contributed by atoms with Crippen molar-refractivity contribution in [1.82, 2.24) is 24.8 Å². The van der Waals surface area contributed by atoms with Gasteiger partial charge in [-0.25, -0.2) is 35.6 Å². The summed E-state index contributed by atoms with van der Waals surface area (Å²) in [5.41, 5.74) is 2.45. The third-order valence-corrected chi connectivity index (χ3v) is 8.25. The van der Waals surface area contributed by atoms with Gasteiger partial charge in [0.05, 0.1) is 12.4 Å². The molecule has 0 bridgehead atoms. The van der Waals surface area contributed by atoms with Gasteiger partial charge in [0.2, 0.25) is 6.29 Å². The Morgan fingerprint density at radius 3 is 2.66 bits per heavy atom. The molecule has 0 saturated carbocycles. The molecule has 1 aromatic carbocycles. The number of amides is 2. The average molecular weight is 562 g/mol. The van der Waals surface area contributed by atoms with E-state index >= 15 is 0 Å². The smallest absolute Gasteiger partial charge is 0.341 e. The molecule has 2 aromatic rings. The topological polar surface area (TPSA) is 119 Å². The number of fused-ring (bicyclic) bond motifs is 3. The molecule has 6 heterocycles. The van der Waals surface area contributed by atoms with Gasteiger partial charge in [-0.1, -0.05) is 0 Å². The van der Waals surface area contributed by atoms with Crippen LogP contribution in [-0.2, 0) is 4.74 Å². The van der Waals surface area contributed by atoms with Crippen molar-refractivity contribution in [2.75, 3.05) is 64.4 Å². The van der Waals surface area contributed by atoms with Crippen LogP contribution in [0.1, 0.15) is 18.6 Å². The lowest BCUT2D eigenvalue weighted by molar-refractivity contribution is 0.0679. The van der Waals surface area contributed by atoms with Crippen molar-refractivity contribution in [3.63, 3.8) is 0 Å². The highest BCUT2D eigenvalue weighted by Gasteiger charge is 2.51. The Morgan fingerprint density at radius 2 is 1.93 bits per heavy atom. The summed E-state index contributed by atoms with van der Waals surface area (Å²) in [6, 6.07) is 11.9. The van der Waals surface area contributed by atoms with Gasteiger partial charge < -0.3 is 18.8 Å². The summed E-state index contributed by atoms with van der Waals surface area (Å²) in [5, 5.41) is 4.82. The standard InChI is InChI=1S/C28H35N9O4/c1-32-28(38)35(27-31-26-25(37(27)32)24(30-19-36(26)29)23-5-3-17-40-23)15-12-33-10-13-34(14-11-33)20-6-8-21(9-7-20)41-18-22-4-2-16-39-22/h3,5-9,17,19,22,27H,2,4,10-16,18,29H2,1H3. The molecule has 2 unspecified atom stereocenters. The predicted molar refractivity (Wildman–Crippen MR) is 153 cm³/mol. The first-order chi connectivity index (χ1) is 20.1. The van der Waals surface area contributed by atoms with Crippen LogP contribution in [0.5, 0.6) is 5.75 Å². The summed E-state index contributed by atoms with van der Waals surface area (Å²) in [6.45, 7) is 6.41. The van der Waals surface area contributed by atoms with E-state index in [0.717, 1.165) is 57.9 Å². The first-order valence-corrected chi connectivity index (χ1v) is 14.2. The third kappa shape index (κ3) is 4.79. The maximum Gasteiger partial charge on any atom is 0.341 e. The highest BCUT2D eigenvalue weighted by molar-refractivity contribution is 6.12. The van der Waals surface area contributed by atoms with Crippen molar-refractivity contribution >= 4 is 29.6 Å². The van der Waals surface area contributed by atoms with Crippen molar-refractivity contribution in [3.05, 3.63) is 54.1 Å². The molecule has 2 N–H and O–H groups in total. The molecule has 0 spiro atoms. The van der Waals surface area contributed by atoms with Crippen LogP contribution in [0.2, 0.25) is 0 Å². The molecule has 41 heavy (non-hydrogen) atoms. The number of nitrogens with two attached hydrogens (primary N) is 1. The summed E-state index contributed by atoms with van der Waals surface area (Å²) >= 11 is 0. The van der Waals surface area contributed by atoms with Gasteiger partial charge in [-0.05, 0) is 49.2 Å². The van der Waals surface area contributed by atoms with Crippen molar-refractivity contribution in [2.24, 2.45) is 15.8 Å². The largest absolute Gasteiger partial charge is 0.491 e. The summed E-state index contributed by atoms with van der Waals surface area (Å²) < 4.78 is 17.2. The monoisotopic (exact) mass is 561 g/mol. The minimum atomic E-state index is -0.516. The quantitative estimate of drug-likeness (QED) is 0.482. The van der Waals surface area contributed by atoms with Crippen molar-refractivity contribution in [2.45, 2.75) is 25.2 Å². The summed E-state index contributed by atoms with van der Waals surface area (Å²) in [5.74, 6) is 8.21. The van der Waals surface area contributed by atoms with Gasteiger partial charge in [0.25, 0.3) is 0 Å². The van der Waals surface area contributed by atoms with Crippen molar-refractivity contribution in [1.29, 1.82) is 0 Å². The highest BCUT2D eigenvalue weighted by atomic mass is 16.5. The van der Waals surface area contributed by atoms with Gasteiger partial charge >= 0.3 is 6.03 Å². The fourth-order valence-corrected chi connectivity index (χ4v) is 5.97. The number of ether oxygens (including phenoxy) is 2. The van der Waals surface area contributed by atoms with E-state index in [2.05, 4.69) is 26.9 Å². The molecular formula is C28H35N9O4. The number of aliphatic imine (C=N–C) groups is 2. The van der Waals surface area contributed by atoms with Gasteiger partial charge in [-0.3, -0.25) is 9.80 Å². The van der Waals surface area contributed by atoms with E-state index in [0.29, 0.717) is 36.1 Å². The van der Waals surface area contributed by atoms with Crippen LogP contribution in [0.25, 0.3) is 5.70 Å². The molecule has 13 heteroatoms. The number of carbonyl (C=O) groups excluding carboxylic acids is 1. The third-order valence-electron chi connectivity index (χ3n) is 8.25. The molecule has 3 saturated heterocycles. The van der Waals surface area contributed by atoms with E-state index in [1.54, 1.807) is 29.3 Å². The van der Waals surface area contributed by atoms with Crippen LogP contribution < -0.4 is 15.5 Å². The predicted octanol–water partition coefficient (Wildman–Crippen LogP) is 1.83. The first kappa shape index (κ1) is 25.9. The lowest BCUT2D eigenvalue weighted by Crippen LogP contribution is -2.49. The number of furan rings is 1. The second-order valence-electron chi connectivity index (χ2n) is 10.7. The molecule has 7 rings (SSSR count). The van der Waals surface area contributed by atoms with E-state index in [-0.39, 0.29) is 12.1 Å². The molecule has 13 nitrogen and oxygen atoms in total. The fourth-order valence-electron chi connectivity index (χ4n) is 5.97. The number of hydrogen-bond donors (Lipinski definition) is 1. The van der Waals surface area contributed by atoms with E-state index in [1.165, 1.54) is 17.0 Å². The maximum atomic E-state index is 13.3. The number of anilines is 1. The van der Waals surface area contributed by atoms with E-state index < -0.39 is 6.29 Å². The Hall–Kier alpha value is -4.07. The molecule has 1 aromatic heterocycles. The lowest BCUT2D eigenvalue weighted by atomic mass is 10.2. The zero-order valence-electron chi connectivity index (χ0n) is 23.1. The molecule has 0 aliphatic carbocycles. The fraction of sp³-hybridized carbons (Fsp3) is 0.464. The van der Waals surface area contributed by atoms with Gasteiger partial charge in [0, 0.05) is 58.6 Å². The van der Waals surface area contributed by atoms with E-state index in [9.17, 15) is 4.79 Å². The summed E-state index contributed by atoms with van der Waals surface area (Å²) in [7, 11) is 1.75. The molecule has 216 valence electrons. The summed E-state index contributed by atoms with van der Waals surface area (Å²) in [6.07, 6.45) is 5.00. The van der Waals surface area contributed by atoms with Crippen LogP contribution >= 0.6 is 0 Å². The Labute approximate surface area is 238 Å². The average Bonchev–Trinajstić information content (AvgIpc) is 3.81. The lowest BCUT2D eigenvalue weighted by Gasteiger charge is -2.36. The second kappa shape index (κ2) is 10.7. The second-order valence-corrected chi connectivity index (χ2v) is 10.7. The molecule has 0 radical (unpaired) electrons. The van der Waals surface area contributed by atoms with E-state index in [1.807, 2.05) is 23.2 Å². The number of benzene rings is 1. The SMILES string of the molecule is CN1C(=O)N(CCN2CCN(c3ccc(OCC4CCCO4)cc3)CC2)C2N=C3C(=C(c4ccco4)N=CN3N)N21. The normalized spacial score (nSPS) is 24.5. The van der Waals surface area contributed by atoms with Gasteiger partial charge in [0.1, 0.15) is 30.1 Å². The Bertz CT molecular complexity index is 1350. The van der Waals surface area contributed by atoms with Crippen LogP contribution in [0.15, 0.2) is 62.8 Å². The number of carbonyl (C=O) groups is 1. The van der Waals surface area contributed by atoms with Crippen LogP contribution in [0, 0.1) is 0 Å². The maximum absolute atomic E-state index is 13.3. The molecule has 5 aliphatic heterocycles. The zero-order chi connectivity index (χ0) is 27.9. The van der Waals surface area contributed by atoms with Gasteiger partial charge in [0.15, 0.2) is 11.6 Å².